The maximum atomic E-state index is 13.2. The minimum atomic E-state index is -0.665. The van der Waals surface area contributed by atoms with Gasteiger partial charge >= 0.3 is 11.8 Å². The van der Waals surface area contributed by atoms with Crippen LogP contribution in [0.3, 0.4) is 0 Å². The molecule has 2 saturated heterocycles. The number of piperidine rings is 1. The number of nitrogens with one attached hydrogen (secondary N) is 1. The lowest BCUT2D eigenvalue weighted by molar-refractivity contribution is -0.146. The van der Waals surface area contributed by atoms with Crippen LogP contribution in [0.25, 0.3) is 0 Å². The molecule has 176 valence electrons. The van der Waals surface area contributed by atoms with E-state index in [0.29, 0.717) is 24.0 Å². The summed E-state index contributed by atoms with van der Waals surface area (Å²) in [6, 6.07) is 5.63. The normalized spacial score (nSPS) is 21.7. The van der Waals surface area contributed by atoms with E-state index in [0.717, 1.165) is 56.0 Å². The Morgan fingerprint density at radius 3 is 2.52 bits per heavy atom. The van der Waals surface area contributed by atoms with Crippen LogP contribution in [0.2, 0.25) is 0 Å². The molecular formula is C24H33N7O2. The molecule has 2 fully saturated rings. The second-order valence-corrected chi connectivity index (χ2v) is 9.28. The summed E-state index contributed by atoms with van der Waals surface area (Å²) in [6.07, 6.45) is 5.13. The zero-order chi connectivity index (χ0) is 23.5. The van der Waals surface area contributed by atoms with Gasteiger partial charge in [0.15, 0.2) is 0 Å². The predicted molar refractivity (Wildman–Crippen MR) is 129 cm³/mol. The molecule has 0 saturated carbocycles. The molecule has 0 bridgehead atoms. The van der Waals surface area contributed by atoms with Gasteiger partial charge in [0, 0.05) is 38.9 Å². The number of carbonyl (C=O) groups is 2. The first-order valence-electron chi connectivity index (χ1n) is 11.6. The van der Waals surface area contributed by atoms with Gasteiger partial charge in [0.25, 0.3) is 0 Å². The van der Waals surface area contributed by atoms with Crippen LogP contribution in [0.1, 0.15) is 36.9 Å². The number of rotatable bonds is 3. The van der Waals surface area contributed by atoms with Gasteiger partial charge in [-0.3, -0.25) is 9.59 Å². The summed E-state index contributed by atoms with van der Waals surface area (Å²) in [7, 11) is 2.13. The molecule has 3 N–H and O–H groups in total. The average Bonchev–Trinajstić information content (AvgIpc) is 2.81. The van der Waals surface area contributed by atoms with Crippen molar-refractivity contribution < 1.29 is 9.59 Å². The first kappa shape index (κ1) is 23.0. The quantitative estimate of drug-likeness (QED) is 0.688. The van der Waals surface area contributed by atoms with Gasteiger partial charge in [0.2, 0.25) is 0 Å². The number of pyridine rings is 2. The molecule has 0 radical (unpaired) electrons. The third-order valence-electron chi connectivity index (χ3n) is 6.63. The van der Waals surface area contributed by atoms with Crippen molar-refractivity contribution in [3.05, 3.63) is 41.7 Å². The van der Waals surface area contributed by atoms with E-state index < -0.39 is 11.8 Å². The van der Waals surface area contributed by atoms with Gasteiger partial charge in [-0.1, -0.05) is 13.0 Å². The number of aromatic nitrogens is 2. The van der Waals surface area contributed by atoms with Crippen LogP contribution in [0.4, 0.5) is 17.3 Å². The topological polar surface area (TPSA) is 108 Å². The Morgan fingerprint density at radius 2 is 1.85 bits per heavy atom. The third kappa shape index (κ3) is 5.24. The van der Waals surface area contributed by atoms with Crippen LogP contribution >= 0.6 is 0 Å². The van der Waals surface area contributed by atoms with Crippen LogP contribution in [0.5, 0.6) is 0 Å². The molecular weight excluding hydrogens is 418 g/mol. The first-order valence-corrected chi connectivity index (χ1v) is 11.6. The summed E-state index contributed by atoms with van der Waals surface area (Å²) in [5, 5.41) is 2.68. The van der Waals surface area contributed by atoms with Crippen molar-refractivity contribution in [3.63, 3.8) is 0 Å². The smallest absolute Gasteiger partial charge is 0.313 e. The standard InChI is InChI=1S/C24H33N7O2/c1-16-4-6-20(18-5-7-21(26-13-18)30-10-8-29(3)9-11-30)31(15-16)24(33)23(32)28-19-12-17(2)22(25)27-14-19/h5,7,12-14,16,20H,4,6,8-11,15H2,1-3H3,(H2,25,27)(H,28,32)/t16-,20+/m0/s1. The van der Waals surface area contributed by atoms with Crippen molar-refractivity contribution in [2.75, 3.05) is 55.7 Å². The van der Waals surface area contributed by atoms with Gasteiger partial charge in [-0.25, -0.2) is 9.97 Å². The molecule has 0 aliphatic carbocycles. The average molecular weight is 452 g/mol. The molecule has 33 heavy (non-hydrogen) atoms. The summed E-state index contributed by atoms with van der Waals surface area (Å²) in [4.78, 5) is 41.0. The Kier molecular flexibility index (Phi) is 6.78. The van der Waals surface area contributed by atoms with Crippen molar-refractivity contribution in [1.29, 1.82) is 0 Å². The highest BCUT2D eigenvalue weighted by Crippen LogP contribution is 2.34. The second-order valence-electron chi connectivity index (χ2n) is 9.28. The van der Waals surface area contributed by atoms with E-state index in [2.05, 4.69) is 34.1 Å². The number of likely N-dealkylation sites (tertiary alicyclic amines) is 1. The Balaban J connectivity index is 1.48. The number of hydrogen-bond donors (Lipinski definition) is 2. The predicted octanol–water partition coefficient (Wildman–Crippen LogP) is 2.06. The molecule has 0 unspecified atom stereocenters. The SMILES string of the molecule is Cc1cc(NC(=O)C(=O)N2C[C@@H](C)CC[C@@H]2c2ccc(N3CCN(C)CC3)nc2)cnc1N. The lowest BCUT2D eigenvalue weighted by atomic mass is 9.90. The number of amides is 2. The lowest BCUT2D eigenvalue weighted by Gasteiger charge is -2.38. The highest BCUT2D eigenvalue weighted by atomic mass is 16.2. The van der Waals surface area contributed by atoms with Crippen molar-refractivity contribution in [2.45, 2.75) is 32.7 Å². The van der Waals surface area contributed by atoms with Crippen LogP contribution in [-0.4, -0.2) is 71.4 Å². The van der Waals surface area contributed by atoms with Gasteiger partial charge in [0.05, 0.1) is 17.9 Å². The zero-order valence-electron chi connectivity index (χ0n) is 19.6. The lowest BCUT2D eigenvalue weighted by Crippen LogP contribution is -2.46. The fraction of sp³-hybridized carbons (Fsp3) is 0.500. The van der Waals surface area contributed by atoms with Gasteiger partial charge in [-0.05, 0) is 56.0 Å². The van der Waals surface area contributed by atoms with E-state index in [1.54, 1.807) is 17.9 Å². The molecule has 2 aromatic heterocycles. The molecule has 0 spiro atoms. The number of aryl methyl sites for hydroxylation is 1. The van der Waals surface area contributed by atoms with E-state index in [1.165, 1.54) is 6.20 Å². The largest absolute Gasteiger partial charge is 0.383 e. The molecule has 9 heteroatoms. The summed E-state index contributed by atoms with van der Waals surface area (Å²) in [6.45, 7) is 8.39. The van der Waals surface area contributed by atoms with Crippen molar-refractivity contribution >= 4 is 29.1 Å². The Hall–Kier alpha value is -3.20. The molecule has 2 atom stereocenters. The van der Waals surface area contributed by atoms with E-state index in [4.69, 9.17) is 10.7 Å². The maximum absolute atomic E-state index is 13.2. The van der Waals surface area contributed by atoms with Crippen molar-refractivity contribution in [3.8, 4) is 0 Å². The molecule has 2 aliphatic rings. The van der Waals surface area contributed by atoms with Crippen LogP contribution in [0, 0.1) is 12.8 Å². The summed E-state index contributed by atoms with van der Waals surface area (Å²) >= 11 is 0. The fourth-order valence-corrected chi connectivity index (χ4v) is 4.51. The minimum absolute atomic E-state index is 0.167. The number of piperazine rings is 1. The Morgan fingerprint density at radius 1 is 1.09 bits per heavy atom. The van der Waals surface area contributed by atoms with Crippen molar-refractivity contribution in [1.82, 2.24) is 19.8 Å². The number of likely N-dealkylation sites (N-methyl/N-ethyl adjacent to an activating group) is 1. The van der Waals surface area contributed by atoms with E-state index >= 15 is 0 Å². The number of nitrogens with zero attached hydrogens (tertiary/aromatic N) is 5. The molecule has 4 heterocycles. The molecule has 2 amide bonds. The zero-order valence-corrected chi connectivity index (χ0v) is 19.6. The summed E-state index contributed by atoms with van der Waals surface area (Å²) < 4.78 is 0. The number of nitrogens with two attached hydrogens (primary N) is 1. The minimum Gasteiger partial charge on any atom is -0.383 e. The molecule has 4 rings (SSSR count). The summed E-state index contributed by atoms with van der Waals surface area (Å²) in [5.41, 5.74) is 7.92. The van der Waals surface area contributed by atoms with Gasteiger partial charge in [0.1, 0.15) is 11.6 Å². The molecule has 2 aliphatic heterocycles. The number of anilines is 3. The Bertz CT molecular complexity index is 1000. The van der Waals surface area contributed by atoms with E-state index in [-0.39, 0.29) is 6.04 Å². The van der Waals surface area contributed by atoms with Gasteiger partial charge in [-0.2, -0.15) is 0 Å². The van der Waals surface area contributed by atoms with Gasteiger partial charge < -0.3 is 25.8 Å². The van der Waals surface area contributed by atoms with Gasteiger partial charge in [-0.15, -0.1) is 0 Å². The maximum Gasteiger partial charge on any atom is 0.313 e. The monoisotopic (exact) mass is 451 g/mol. The first-order chi connectivity index (χ1) is 15.8. The highest BCUT2D eigenvalue weighted by Gasteiger charge is 2.34. The van der Waals surface area contributed by atoms with Crippen LogP contribution in [0.15, 0.2) is 30.6 Å². The second kappa shape index (κ2) is 9.74. The van der Waals surface area contributed by atoms with E-state index in [1.807, 2.05) is 18.3 Å². The third-order valence-corrected chi connectivity index (χ3v) is 6.63. The van der Waals surface area contributed by atoms with Crippen LogP contribution in [-0.2, 0) is 9.59 Å². The summed E-state index contributed by atoms with van der Waals surface area (Å²) in [5.74, 6) is 0.483. The highest BCUT2D eigenvalue weighted by molar-refractivity contribution is 6.39. The fourth-order valence-electron chi connectivity index (χ4n) is 4.51. The van der Waals surface area contributed by atoms with Crippen molar-refractivity contribution in [2.24, 2.45) is 5.92 Å². The number of hydrogen-bond acceptors (Lipinski definition) is 7. The molecule has 2 aromatic rings. The molecule has 9 nitrogen and oxygen atoms in total. The van der Waals surface area contributed by atoms with Crippen LogP contribution < -0.4 is 16.0 Å². The number of nitrogen functional groups attached to an aromatic ring is 1. The molecule has 0 aromatic carbocycles. The Labute approximate surface area is 195 Å². The number of carbonyl (C=O) groups excluding carboxylic acids is 2. The van der Waals surface area contributed by atoms with E-state index in [9.17, 15) is 9.59 Å².